The molecule has 0 spiro atoms. The lowest BCUT2D eigenvalue weighted by Gasteiger charge is -2.26. The van der Waals surface area contributed by atoms with Crippen molar-refractivity contribution in [2.45, 2.75) is 6.92 Å². The number of urea groups is 1. The van der Waals surface area contributed by atoms with E-state index in [1.54, 1.807) is 6.07 Å². The molecular formula is C17H11N2O5S-. The fourth-order valence-corrected chi connectivity index (χ4v) is 3.13. The van der Waals surface area contributed by atoms with Crippen molar-refractivity contribution in [3.8, 4) is 0 Å². The number of rotatable bonds is 3. The van der Waals surface area contributed by atoms with Gasteiger partial charge < -0.3 is 9.90 Å². The van der Waals surface area contributed by atoms with Crippen LogP contribution in [-0.2, 0) is 9.59 Å². The van der Waals surface area contributed by atoms with Gasteiger partial charge in [0.05, 0.1) is 11.7 Å². The van der Waals surface area contributed by atoms with E-state index in [4.69, 9.17) is 0 Å². The maximum absolute atomic E-state index is 12.6. The molecule has 1 aliphatic rings. The molecule has 8 heteroatoms. The van der Waals surface area contributed by atoms with Crippen molar-refractivity contribution in [1.29, 1.82) is 0 Å². The van der Waals surface area contributed by atoms with Crippen LogP contribution in [0.15, 0.2) is 42.0 Å². The van der Waals surface area contributed by atoms with Crippen molar-refractivity contribution < 1.29 is 24.3 Å². The van der Waals surface area contributed by atoms with E-state index in [0.29, 0.717) is 4.88 Å². The third-order valence-corrected chi connectivity index (χ3v) is 4.46. The van der Waals surface area contributed by atoms with Gasteiger partial charge in [-0.1, -0.05) is 12.1 Å². The van der Waals surface area contributed by atoms with E-state index >= 15 is 0 Å². The highest BCUT2D eigenvalue weighted by atomic mass is 32.1. The molecule has 3 rings (SSSR count). The monoisotopic (exact) mass is 355 g/mol. The lowest BCUT2D eigenvalue weighted by Crippen LogP contribution is -2.54. The summed E-state index contributed by atoms with van der Waals surface area (Å²) in [4.78, 5) is 50.0. The van der Waals surface area contributed by atoms with Crippen molar-refractivity contribution in [3.05, 3.63) is 57.3 Å². The summed E-state index contributed by atoms with van der Waals surface area (Å²) in [5, 5.41) is 12.9. The van der Waals surface area contributed by atoms with Gasteiger partial charge >= 0.3 is 6.03 Å². The van der Waals surface area contributed by atoms with Crippen LogP contribution in [-0.4, -0.2) is 23.8 Å². The molecule has 1 N–H and O–H groups in total. The maximum Gasteiger partial charge on any atom is 0.335 e. The summed E-state index contributed by atoms with van der Waals surface area (Å²) in [6, 6.07) is 7.75. The fraction of sp³-hybridized carbons (Fsp3) is 0.0588. The number of benzene rings is 1. The van der Waals surface area contributed by atoms with Crippen molar-refractivity contribution in [3.63, 3.8) is 0 Å². The number of thiophene rings is 1. The third kappa shape index (κ3) is 3.20. The number of carbonyl (C=O) groups excluding carboxylic acids is 4. The number of nitrogens with one attached hydrogen (secondary N) is 1. The zero-order chi connectivity index (χ0) is 18.1. The molecule has 2 heterocycles. The Morgan fingerprint density at radius 1 is 1.12 bits per heavy atom. The van der Waals surface area contributed by atoms with Crippen molar-refractivity contribution in [1.82, 2.24) is 5.32 Å². The lowest BCUT2D eigenvalue weighted by atomic mass is 10.1. The zero-order valence-electron chi connectivity index (χ0n) is 12.9. The number of nitrogens with zero attached hydrogens (tertiary/aromatic N) is 1. The van der Waals surface area contributed by atoms with Gasteiger partial charge in [-0.3, -0.25) is 14.9 Å². The van der Waals surface area contributed by atoms with Gasteiger partial charge in [0, 0.05) is 9.75 Å². The first-order chi connectivity index (χ1) is 11.9. The Balaban J connectivity index is 1.98. The van der Waals surface area contributed by atoms with Crippen LogP contribution in [0.25, 0.3) is 6.08 Å². The summed E-state index contributed by atoms with van der Waals surface area (Å²) < 4.78 is 0. The minimum Gasteiger partial charge on any atom is -0.545 e. The molecule has 0 unspecified atom stereocenters. The van der Waals surface area contributed by atoms with Crippen LogP contribution in [0.4, 0.5) is 10.5 Å². The van der Waals surface area contributed by atoms with Gasteiger partial charge in [0.25, 0.3) is 11.8 Å². The Bertz CT molecular complexity index is 927. The summed E-state index contributed by atoms with van der Waals surface area (Å²) in [6.07, 6.45) is 1.42. The van der Waals surface area contributed by atoms with Crippen LogP contribution < -0.4 is 15.3 Å². The second-order valence-electron chi connectivity index (χ2n) is 5.24. The first kappa shape index (κ1) is 16.6. The number of anilines is 1. The first-order valence-corrected chi connectivity index (χ1v) is 7.98. The van der Waals surface area contributed by atoms with Gasteiger partial charge in [0.2, 0.25) is 0 Å². The second-order valence-corrected chi connectivity index (χ2v) is 6.56. The Morgan fingerprint density at radius 3 is 2.36 bits per heavy atom. The maximum atomic E-state index is 12.6. The molecule has 0 radical (unpaired) electrons. The lowest BCUT2D eigenvalue weighted by molar-refractivity contribution is -0.255. The molecular weight excluding hydrogens is 344 g/mol. The third-order valence-electron chi connectivity index (χ3n) is 3.51. The molecule has 25 heavy (non-hydrogen) atoms. The van der Waals surface area contributed by atoms with E-state index < -0.39 is 23.8 Å². The number of barbiturate groups is 1. The number of carboxylic acid groups (broad SMARTS) is 1. The largest absolute Gasteiger partial charge is 0.545 e. The summed E-state index contributed by atoms with van der Waals surface area (Å²) in [6.45, 7) is 1.89. The molecule has 0 saturated carbocycles. The van der Waals surface area contributed by atoms with Crippen LogP contribution in [0.5, 0.6) is 0 Å². The number of aromatic carboxylic acids is 1. The molecule has 1 aromatic carbocycles. The molecule has 0 bridgehead atoms. The minimum atomic E-state index is -1.37. The van der Waals surface area contributed by atoms with Crippen LogP contribution in [0.2, 0.25) is 0 Å². The predicted octanol–water partition coefficient (Wildman–Crippen LogP) is 1.09. The average Bonchev–Trinajstić information content (AvgIpc) is 2.97. The Labute approximate surface area is 146 Å². The molecule has 1 aromatic heterocycles. The number of carboxylic acids is 1. The van der Waals surface area contributed by atoms with E-state index in [2.05, 4.69) is 5.32 Å². The highest BCUT2D eigenvalue weighted by Crippen LogP contribution is 2.24. The fourth-order valence-electron chi connectivity index (χ4n) is 2.31. The molecule has 7 nitrogen and oxygen atoms in total. The molecule has 126 valence electrons. The van der Waals surface area contributed by atoms with E-state index in [1.165, 1.54) is 41.7 Å². The van der Waals surface area contributed by atoms with Crippen molar-refractivity contribution >= 4 is 46.9 Å². The minimum absolute atomic E-state index is 0.0884. The van der Waals surface area contributed by atoms with Crippen LogP contribution in [0.3, 0.4) is 0 Å². The average molecular weight is 355 g/mol. The summed E-state index contributed by atoms with van der Waals surface area (Å²) in [7, 11) is 0. The van der Waals surface area contributed by atoms with Gasteiger partial charge in [-0.2, -0.15) is 0 Å². The van der Waals surface area contributed by atoms with Crippen LogP contribution in [0, 0.1) is 6.92 Å². The second kappa shape index (κ2) is 6.33. The quantitative estimate of drug-likeness (QED) is 0.655. The molecule has 0 aliphatic carbocycles. The molecule has 4 amide bonds. The van der Waals surface area contributed by atoms with Gasteiger partial charge in [-0.05, 0) is 42.8 Å². The smallest absolute Gasteiger partial charge is 0.335 e. The molecule has 2 aromatic rings. The topological polar surface area (TPSA) is 107 Å². The first-order valence-electron chi connectivity index (χ1n) is 7.16. The number of amides is 4. The van der Waals surface area contributed by atoms with E-state index in [0.717, 1.165) is 9.78 Å². The van der Waals surface area contributed by atoms with Gasteiger partial charge in [-0.15, -0.1) is 11.3 Å². The summed E-state index contributed by atoms with van der Waals surface area (Å²) >= 11 is 1.40. The van der Waals surface area contributed by atoms with Crippen LogP contribution in [0.1, 0.15) is 20.1 Å². The van der Waals surface area contributed by atoms with E-state index in [9.17, 15) is 24.3 Å². The molecule has 1 fully saturated rings. The van der Waals surface area contributed by atoms with Gasteiger partial charge in [-0.25, -0.2) is 9.69 Å². The highest BCUT2D eigenvalue weighted by molar-refractivity contribution is 7.12. The Kier molecular flexibility index (Phi) is 4.20. The SMILES string of the molecule is Cc1ccc(/C=C2\C(=O)NC(=O)N(c3ccc(C(=O)[O-])cc3)C2=O)s1. The number of aryl methyl sites for hydroxylation is 1. The molecule has 1 aliphatic heterocycles. The number of imide groups is 2. The van der Waals surface area contributed by atoms with E-state index in [-0.39, 0.29) is 16.8 Å². The standard InChI is InChI=1S/C17H12N2O5S/c1-9-2-7-12(25-9)8-13-14(20)18-17(24)19(15(13)21)11-5-3-10(4-6-11)16(22)23/h2-8H,1H3,(H,22,23)(H,18,20,24)/p-1/b13-8+. The predicted molar refractivity (Wildman–Crippen MR) is 88.8 cm³/mol. The normalized spacial score (nSPS) is 16.3. The van der Waals surface area contributed by atoms with Crippen LogP contribution >= 0.6 is 11.3 Å². The zero-order valence-corrected chi connectivity index (χ0v) is 13.8. The number of hydrogen-bond donors (Lipinski definition) is 1. The Hall–Kier alpha value is -3.26. The van der Waals surface area contributed by atoms with Gasteiger partial charge in [0.1, 0.15) is 5.57 Å². The van der Waals surface area contributed by atoms with Crippen molar-refractivity contribution in [2.24, 2.45) is 0 Å². The van der Waals surface area contributed by atoms with Gasteiger partial charge in [0.15, 0.2) is 0 Å². The number of carbonyl (C=O) groups is 4. The van der Waals surface area contributed by atoms with E-state index in [1.807, 2.05) is 13.0 Å². The summed E-state index contributed by atoms with van der Waals surface area (Å²) in [5.41, 5.74) is -0.117. The molecule has 0 atom stereocenters. The number of hydrogen-bond acceptors (Lipinski definition) is 6. The van der Waals surface area contributed by atoms with Crippen molar-refractivity contribution in [2.75, 3.05) is 4.90 Å². The highest BCUT2D eigenvalue weighted by Gasteiger charge is 2.36. The Morgan fingerprint density at radius 2 is 1.80 bits per heavy atom. The summed E-state index contributed by atoms with van der Waals surface area (Å²) in [5.74, 6) is -2.92. The molecule has 1 saturated heterocycles.